The summed E-state index contributed by atoms with van der Waals surface area (Å²) in [6.45, 7) is 4.90. The summed E-state index contributed by atoms with van der Waals surface area (Å²) in [6.07, 6.45) is 3.07. The van der Waals surface area contributed by atoms with E-state index in [2.05, 4.69) is 51.3 Å². The lowest BCUT2D eigenvalue weighted by molar-refractivity contribution is 0.411. The van der Waals surface area contributed by atoms with Gasteiger partial charge in [-0.15, -0.1) is 5.10 Å². The van der Waals surface area contributed by atoms with Gasteiger partial charge in [-0.05, 0) is 37.8 Å². The normalized spacial score (nSPS) is 16.4. The summed E-state index contributed by atoms with van der Waals surface area (Å²) < 4.78 is 0. The van der Waals surface area contributed by atoms with Crippen molar-refractivity contribution in [3.8, 4) is 0 Å². The van der Waals surface area contributed by atoms with Crippen molar-refractivity contribution in [2.45, 2.75) is 26.2 Å². The molecule has 0 atom stereocenters. The zero-order valence-corrected chi connectivity index (χ0v) is 12.5. The molecule has 5 nitrogen and oxygen atoms in total. The number of hydrogen-bond donors (Lipinski definition) is 2. The summed E-state index contributed by atoms with van der Waals surface area (Å²) in [5.74, 6) is 2.41. The van der Waals surface area contributed by atoms with Gasteiger partial charge in [-0.25, -0.2) is 0 Å². The van der Waals surface area contributed by atoms with E-state index in [-0.39, 0.29) is 0 Å². The first kappa shape index (κ1) is 14.1. The summed E-state index contributed by atoms with van der Waals surface area (Å²) in [6, 6.07) is 8.54. The molecule has 2 heterocycles. The summed E-state index contributed by atoms with van der Waals surface area (Å²) in [7, 11) is 0. The minimum atomic E-state index is 0.659. The third kappa shape index (κ3) is 3.42. The largest absolute Gasteiger partial charge is 0.340 e. The molecule has 1 saturated heterocycles. The maximum absolute atomic E-state index is 5.73. The molecule has 0 radical (unpaired) electrons. The van der Waals surface area contributed by atoms with Gasteiger partial charge < -0.3 is 10.6 Å². The highest BCUT2D eigenvalue weighted by atomic mass is 15.4. The minimum Gasteiger partial charge on any atom is -0.340 e. The molecule has 1 aliphatic heterocycles. The van der Waals surface area contributed by atoms with E-state index >= 15 is 0 Å². The van der Waals surface area contributed by atoms with Gasteiger partial charge in [-0.3, -0.25) is 5.10 Å². The Hall–Kier alpha value is -1.88. The monoisotopic (exact) mass is 285 g/mol. The Kier molecular flexibility index (Phi) is 4.20. The van der Waals surface area contributed by atoms with Crippen LogP contribution in [0.4, 0.5) is 5.95 Å². The third-order valence-electron chi connectivity index (χ3n) is 4.24. The molecule has 21 heavy (non-hydrogen) atoms. The Morgan fingerprint density at radius 2 is 1.95 bits per heavy atom. The van der Waals surface area contributed by atoms with Crippen molar-refractivity contribution in [1.29, 1.82) is 0 Å². The van der Waals surface area contributed by atoms with Gasteiger partial charge in [-0.2, -0.15) is 4.98 Å². The van der Waals surface area contributed by atoms with Gasteiger partial charge in [0.15, 0.2) is 0 Å². The van der Waals surface area contributed by atoms with E-state index in [4.69, 9.17) is 5.73 Å². The second-order valence-corrected chi connectivity index (χ2v) is 5.91. The average molecular weight is 285 g/mol. The number of aryl methyl sites for hydroxylation is 1. The fraction of sp³-hybridized carbons (Fsp3) is 0.500. The quantitative estimate of drug-likeness (QED) is 0.900. The Morgan fingerprint density at radius 1 is 1.24 bits per heavy atom. The number of hydrogen-bond acceptors (Lipinski definition) is 4. The van der Waals surface area contributed by atoms with E-state index < -0.39 is 0 Å². The molecule has 2 aromatic rings. The second kappa shape index (κ2) is 6.26. The fourth-order valence-electron chi connectivity index (χ4n) is 2.77. The predicted octanol–water partition coefficient (Wildman–Crippen LogP) is 1.88. The average Bonchev–Trinajstić information content (AvgIpc) is 2.98. The van der Waals surface area contributed by atoms with E-state index in [9.17, 15) is 0 Å². The van der Waals surface area contributed by atoms with Crippen LogP contribution in [0.25, 0.3) is 0 Å². The SMILES string of the molecule is Cc1ccc(Cc2nc(N3CCC(CN)CC3)n[nH]2)cc1. The molecule has 5 heteroatoms. The van der Waals surface area contributed by atoms with Crippen molar-refractivity contribution in [3.63, 3.8) is 0 Å². The zero-order chi connectivity index (χ0) is 14.7. The Bertz CT molecular complexity index is 567. The number of aromatic nitrogens is 3. The molecule has 1 aliphatic rings. The maximum atomic E-state index is 5.73. The number of rotatable bonds is 4. The molecule has 1 aromatic heterocycles. The standard InChI is InChI=1S/C16H23N5/c1-12-2-4-13(5-3-12)10-15-18-16(20-19-15)21-8-6-14(11-17)7-9-21/h2-5,14H,6-11,17H2,1H3,(H,18,19,20). The molecule has 0 aliphatic carbocycles. The van der Waals surface area contributed by atoms with Crippen LogP contribution in [0.15, 0.2) is 24.3 Å². The highest BCUT2D eigenvalue weighted by molar-refractivity contribution is 5.31. The van der Waals surface area contributed by atoms with E-state index in [1.807, 2.05) is 0 Å². The molecule has 1 aromatic carbocycles. The van der Waals surface area contributed by atoms with Crippen molar-refractivity contribution in [2.24, 2.45) is 11.7 Å². The number of H-pyrrole nitrogens is 1. The second-order valence-electron chi connectivity index (χ2n) is 5.91. The van der Waals surface area contributed by atoms with Crippen LogP contribution in [0, 0.1) is 12.8 Å². The molecule has 0 amide bonds. The van der Waals surface area contributed by atoms with E-state index in [0.717, 1.165) is 50.7 Å². The topological polar surface area (TPSA) is 70.8 Å². The zero-order valence-electron chi connectivity index (χ0n) is 12.5. The van der Waals surface area contributed by atoms with Crippen LogP contribution in [0.1, 0.15) is 29.8 Å². The van der Waals surface area contributed by atoms with E-state index in [1.54, 1.807) is 0 Å². The summed E-state index contributed by atoms with van der Waals surface area (Å²) in [5.41, 5.74) is 8.26. The first-order chi connectivity index (χ1) is 10.2. The molecule has 112 valence electrons. The highest BCUT2D eigenvalue weighted by Gasteiger charge is 2.20. The van der Waals surface area contributed by atoms with Gasteiger partial charge in [0, 0.05) is 19.5 Å². The van der Waals surface area contributed by atoms with Crippen LogP contribution in [0.5, 0.6) is 0 Å². The highest BCUT2D eigenvalue weighted by Crippen LogP contribution is 2.20. The van der Waals surface area contributed by atoms with Crippen molar-refractivity contribution in [3.05, 3.63) is 41.2 Å². The number of anilines is 1. The van der Waals surface area contributed by atoms with Crippen LogP contribution >= 0.6 is 0 Å². The van der Waals surface area contributed by atoms with E-state index in [1.165, 1.54) is 11.1 Å². The Labute approximate surface area is 125 Å². The summed E-state index contributed by atoms with van der Waals surface area (Å²) in [5, 5.41) is 7.43. The lowest BCUT2D eigenvalue weighted by Crippen LogP contribution is -2.36. The van der Waals surface area contributed by atoms with Crippen molar-refractivity contribution in [1.82, 2.24) is 15.2 Å². The molecule has 0 saturated carbocycles. The lowest BCUT2D eigenvalue weighted by Gasteiger charge is -2.30. The van der Waals surface area contributed by atoms with Gasteiger partial charge in [-0.1, -0.05) is 29.8 Å². The van der Waals surface area contributed by atoms with Crippen LogP contribution in [0.2, 0.25) is 0 Å². The minimum absolute atomic E-state index is 0.659. The van der Waals surface area contributed by atoms with Crippen molar-refractivity contribution in [2.75, 3.05) is 24.5 Å². The van der Waals surface area contributed by atoms with Crippen LogP contribution in [-0.4, -0.2) is 34.8 Å². The van der Waals surface area contributed by atoms with Gasteiger partial charge in [0.2, 0.25) is 5.95 Å². The summed E-state index contributed by atoms with van der Waals surface area (Å²) >= 11 is 0. The molecule has 0 unspecified atom stereocenters. The lowest BCUT2D eigenvalue weighted by atomic mass is 9.97. The number of aromatic amines is 1. The Balaban J connectivity index is 1.62. The fourth-order valence-corrected chi connectivity index (χ4v) is 2.77. The number of piperidine rings is 1. The number of nitrogens with one attached hydrogen (secondary N) is 1. The number of nitrogens with zero attached hydrogens (tertiary/aromatic N) is 3. The van der Waals surface area contributed by atoms with Gasteiger partial charge in [0.05, 0.1) is 0 Å². The molecule has 1 fully saturated rings. The number of benzene rings is 1. The predicted molar refractivity (Wildman–Crippen MR) is 84.4 cm³/mol. The molecule has 0 spiro atoms. The first-order valence-electron chi connectivity index (χ1n) is 7.66. The summed E-state index contributed by atoms with van der Waals surface area (Å²) in [4.78, 5) is 6.88. The van der Waals surface area contributed by atoms with Crippen LogP contribution in [0.3, 0.4) is 0 Å². The van der Waals surface area contributed by atoms with Crippen molar-refractivity contribution >= 4 is 5.95 Å². The van der Waals surface area contributed by atoms with Crippen LogP contribution < -0.4 is 10.6 Å². The third-order valence-corrected chi connectivity index (χ3v) is 4.24. The molecule has 0 bridgehead atoms. The smallest absolute Gasteiger partial charge is 0.244 e. The number of nitrogens with two attached hydrogens (primary N) is 1. The van der Waals surface area contributed by atoms with Crippen molar-refractivity contribution < 1.29 is 0 Å². The van der Waals surface area contributed by atoms with E-state index in [0.29, 0.717) is 5.92 Å². The van der Waals surface area contributed by atoms with Gasteiger partial charge >= 0.3 is 0 Å². The van der Waals surface area contributed by atoms with Gasteiger partial charge in [0.25, 0.3) is 0 Å². The molecular formula is C16H23N5. The molecule has 3 N–H and O–H groups in total. The first-order valence-corrected chi connectivity index (χ1v) is 7.66. The van der Waals surface area contributed by atoms with Crippen LogP contribution in [-0.2, 0) is 6.42 Å². The Morgan fingerprint density at radius 3 is 2.62 bits per heavy atom. The molecule has 3 rings (SSSR count). The maximum Gasteiger partial charge on any atom is 0.244 e. The molecular weight excluding hydrogens is 262 g/mol. The van der Waals surface area contributed by atoms with Gasteiger partial charge in [0.1, 0.15) is 5.82 Å².